The van der Waals surface area contributed by atoms with Crippen molar-refractivity contribution in [2.24, 2.45) is 5.41 Å². The van der Waals surface area contributed by atoms with Gasteiger partial charge in [-0.25, -0.2) is 0 Å². The summed E-state index contributed by atoms with van der Waals surface area (Å²) in [5, 5.41) is 0. The maximum atomic E-state index is 2.70. The molecule has 0 amide bonds. The van der Waals surface area contributed by atoms with E-state index in [1.165, 1.54) is 94.9 Å². The van der Waals surface area contributed by atoms with Crippen LogP contribution in [0.4, 0.5) is 28.4 Å². The SMILES string of the molecule is Cc1cc2c3c(c1)N(c1ccc(C(C)(C)C)cc1)c1ccc(C(C)(C)C)cc1B3c1cc3c(cc1N2Cc1ccc(C(C)(C)C)cc1-c1ccccc1)CC(C)(C)C3. The standard InChI is InChI=1S/C55H61BN2/c1-35-26-49-51-50(27-35)58(43-23-20-40(21-24-43)52(2,3)4)47-25-22-42(54(8,9)10)31-46(47)56(51)45-28-38-32-55(11,12)33-39(38)29-48(45)57(49)34-37-18-19-41(53(5,6)7)30-44(37)36-16-14-13-15-17-36/h13-31H,32-34H2,1-12H3. The Labute approximate surface area is 349 Å². The van der Waals surface area contributed by atoms with Crippen molar-refractivity contribution in [3.63, 3.8) is 0 Å². The molecule has 0 N–H and O–H groups in total. The Hall–Kier alpha value is -5.02. The maximum Gasteiger partial charge on any atom is 0.252 e. The average molecular weight is 761 g/mol. The third-order valence-corrected chi connectivity index (χ3v) is 13.2. The van der Waals surface area contributed by atoms with E-state index in [-0.39, 0.29) is 28.4 Å². The second-order valence-corrected chi connectivity index (χ2v) is 21.6. The fourth-order valence-electron chi connectivity index (χ4n) is 10.0. The molecule has 0 radical (unpaired) electrons. The van der Waals surface area contributed by atoms with Gasteiger partial charge in [-0.15, -0.1) is 0 Å². The fourth-order valence-corrected chi connectivity index (χ4v) is 10.0. The zero-order valence-corrected chi connectivity index (χ0v) is 37.1. The van der Waals surface area contributed by atoms with Gasteiger partial charge in [0.2, 0.25) is 0 Å². The molecule has 3 heteroatoms. The molecule has 1 aliphatic carbocycles. The molecule has 0 saturated carbocycles. The smallest absolute Gasteiger partial charge is 0.252 e. The zero-order valence-electron chi connectivity index (χ0n) is 37.1. The van der Waals surface area contributed by atoms with Gasteiger partial charge in [0.1, 0.15) is 0 Å². The summed E-state index contributed by atoms with van der Waals surface area (Å²) in [7, 11) is 0. The molecule has 58 heavy (non-hydrogen) atoms. The van der Waals surface area contributed by atoms with Gasteiger partial charge in [-0.2, -0.15) is 0 Å². The number of rotatable bonds is 4. The van der Waals surface area contributed by atoms with Crippen LogP contribution in [0.2, 0.25) is 0 Å². The number of benzene rings is 6. The van der Waals surface area contributed by atoms with Crippen LogP contribution < -0.4 is 26.2 Å². The normalized spacial score (nSPS) is 15.6. The minimum atomic E-state index is 0.0170. The number of aryl methyl sites for hydroxylation is 1. The van der Waals surface area contributed by atoms with Crippen LogP contribution in [0, 0.1) is 12.3 Å². The van der Waals surface area contributed by atoms with E-state index < -0.39 is 0 Å². The summed E-state index contributed by atoms with van der Waals surface area (Å²) in [6, 6.07) is 45.2. The van der Waals surface area contributed by atoms with Crippen molar-refractivity contribution in [2.45, 2.75) is 119 Å². The van der Waals surface area contributed by atoms with Crippen molar-refractivity contribution >= 4 is 51.5 Å². The Kier molecular flexibility index (Phi) is 8.80. The molecule has 0 atom stereocenters. The molecule has 0 bridgehead atoms. The lowest BCUT2D eigenvalue weighted by atomic mass is 9.33. The molecule has 9 rings (SSSR count). The van der Waals surface area contributed by atoms with E-state index in [9.17, 15) is 0 Å². The van der Waals surface area contributed by atoms with E-state index in [0.29, 0.717) is 0 Å². The molecule has 2 aliphatic heterocycles. The fraction of sp³-hybridized carbons (Fsp3) is 0.345. The van der Waals surface area contributed by atoms with Crippen LogP contribution in [0.3, 0.4) is 0 Å². The Morgan fingerprint density at radius 1 is 0.552 bits per heavy atom. The number of hydrogen-bond donors (Lipinski definition) is 0. The molecule has 0 unspecified atom stereocenters. The van der Waals surface area contributed by atoms with Crippen LogP contribution in [0.25, 0.3) is 11.1 Å². The minimum absolute atomic E-state index is 0.0170. The van der Waals surface area contributed by atoms with Crippen molar-refractivity contribution in [2.75, 3.05) is 9.80 Å². The van der Waals surface area contributed by atoms with Crippen molar-refractivity contribution in [3.8, 4) is 11.1 Å². The van der Waals surface area contributed by atoms with Crippen LogP contribution in [0.15, 0.2) is 115 Å². The number of hydrogen-bond acceptors (Lipinski definition) is 2. The predicted molar refractivity (Wildman–Crippen MR) is 252 cm³/mol. The monoisotopic (exact) mass is 760 g/mol. The van der Waals surface area contributed by atoms with E-state index in [1.54, 1.807) is 0 Å². The number of nitrogens with zero attached hydrogens (tertiary/aromatic N) is 2. The van der Waals surface area contributed by atoms with Crippen molar-refractivity contribution < 1.29 is 0 Å². The molecule has 0 spiro atoms. The van der Waals surface area contributed by atoms with Crippen LogP contribution in [0.5, 0.6) is 0 Å². The first kappa shape index (κ1) is 38.5. The first-order valence-corrected chi connectivity index (χ1v) is 21.6. The van der Waals surface area contributed by atoms with Crippen LogP contribution >= 0.6 is 0 Å². The lowest BCUT2D eigenvalue weighted by molar-refractivity contribution is 0.392. The molecule has 0 aromatic heterocycles. The van der Waals surface area contributed by atoms with Gasteiger partial charge in [0, 0.05) is 35.0 Å². The summed E-state index contributed by atoms with van der Waals surface area (Å²) in [6.45, 7) is 29.0. The molecular formula is C55H61BN2. The highest BCUT2D eigenvalue weighted by Gasteiger charge is 2.45. The minimum Gasteiger partial charge on any atom is -0.338 e. The molecule has 2 nitrogen and oxygen atoms in total. The molecule has 294 valence electrons. The molecule has 0 saturated heterocycles. The van der Waals surface area contributed by atoms with Gasteiger partial charge in [0.05, 0.1) is 0 Å². The highest BCUT2D eigenvalue weighted by atomic mass is 15.2. The second kappa shape index (κ2) is 13.3. The molecule has 6 aromatic rings. The van der Waals surface area contributed by atoms with Gasteiger partial charge < -0.3 is 9.80 Å². The van der Waals surface area contributed by atoms with Gasteiger partial charge in [-0.3, -0.25) is 0 Å². The van der Waals surface area contributed by atoms with E-state index in [4.69, 9.17) is 0 Å². The van der Waals surface area contributed by atoms with E-state index in [1.807, 2.05) is 0 Å². The topological polar surface area (TPSA) is 6.48 Å². The first-order chi connectivity index (χ1) is 27.3. The average Bonchev–Trinajstić information content (AvgIpc) is 3.46. The lowest BCUT2D eigenvalue weighted by Crippen LogP contribution is -2.62. The van der Waals surface area contributed by atoms with Gasteiger partial charge in [0.25, 0.3) is 6.71 Å². The van der Waals surface area contributed by atoms with Crippen molar-refractivity contribution in [1.82, 2.24) is 0 Å². The largest absolute Gasteiger partial charge is 0.338 e. The van der Waals surface area contributed by atoms with Gasteiger partial charge in [-0.05, 0) is 144 Å². The van der Waals surface area contributed by atoms with Gasteiger partial charge >= 0.3 is 0 Å². The Balaban J connectivity index is 1.32. The van der Waals surface area contributed by atoms with Crippen LogP contribution in [0.1, 0.15) is 115 Å². The van der Waals surface area contributed by atoms with Crippen LogP contribution in [-0.2, 0) is 35.6 Å². The summed E-state index contributed by atoms with van der Waals surface area (Å²) in [4.78, 5) is 5.27. The number of fused-ring (bicyclic) bond motifs is 5. The zero-order chi connectivity index (χ0) is 41.1. The van der Waals surface area contributed by atoms with E-state index in [2.05, 4.69) is 208 Å². The Bertz CT molecular complexity index is 2570. The molecule has 0 fully saturated rings. The van der Waals surface area contributed by atoms with Crippen molar-refractivity contribution in [1.29, 1.82) is 0 Å². The highest BCUT2D eigenvalue weighted by molar-refractivity contribution is 7.00. The summed E-state index contributed by atoms with van der Waals surface area (Å²) in [5.41, 5.74) is 23.5. The van der Waals surface area contributed by atoms with Gasteiger partial charge in [0.15, 0.2) is 0 Å². The van der Waals surface area contributed by atoms with E-state index in [0.717, 1.165) is 19.4 Å². The Morgan fingerprint density at radius 2 is 1.12 bits per heavy atom. The Morgan fingerprint density at radius 3 is 1.78 bits per heavy atom. The van der Waals surface area contributed by atoms with Crippen LogP contribution in [-0.4, -0.2) is 6.71 Å². The third kappa shape index (κ3) is 6.59. The summed E-state index contributed by atoms with van der Waals surface area (Å²) >= 11 is 0. The third-order valence-electron chi connectivity index (χ3n) is 13.2. The first-order valence-electron chi connectivity index (χ1n) is 21.6. The summed E-state index contributed by atoms with van der Waals surface area (Å²) in [5.74, 6) is 0. The van der Waals surface area contributed by atoms with Crippen molar-refractivity contribution in [3.05, 3.63) is 154 Å². The molecule has 3 aliphatic rings. The highest BCUT2D eigenvalue weighted by Crippen LogP contribution is 2.46. The molecule has 2 heterocycles. The van der Waals surface area contributed by atoms with Gasteiger partial charge in [-0.1, -0.05) is 155 Å². The van der Waals surface area contributed by atoms with E-state index >= 15 is 0 Å². The maximum absolute atomic E-state index is 2.70. The quantitative estimate of drug-likeness (QED) is 0.165. The summed E-state index contributed by atoms with van der Waals surface area (Å²) < 4.78 is 0. The lowest BCUT2D eigenvalue weighted by Gasteiger charge is -2.45. The summed E-state index contributed by atoms with van der Waals surface area (Å²) in [6.07, 6.45) is 2.22. The number of anilines is 5. The molecule has 6 aromatic carbocycles. The second-order valence-electron chi connectivity index (χ2n) is 21.6. The molecular weight excluding hydrogens is 699 g/mol. The predicted octanol–water partition coefficient (Wildman–Crippen LogP) is 12.6.